The van der Waals surface area contributed by atoms with Crippen LogP contribution in [0.5, 0.6) is 0 Å². The summed E-state index contributed by atoms with van der Waals surface area (Å²) in [5, 5.41) is 1.09. The minimum Gasteiger partial charge on any atom is -0.357 e. The highest BCUT2D eigenvalue weighted by atomic mass is 16.1. The number of carbonyl (C=O) groups excluding carboxylic acids is 1. The highest BCUT2D eigenvalue weighted by Gasteiger charge is 2.23. The maximum atomic E-state index is 11.4. The van der Waals surface area contributed by atoms with Gasteiger partial charge in [-0.1, -0.05) is 31.0 Å². The summed E-state index contributed by atoms with van der Waals surface area (Å²) < 4.78 is 0. The van der Waals surface area contributed by atoms with Crippen molar-refractivity contribution in [2.24, 2.45) is 0 Å². The van der Waals surface area contributed by atoms with Gasteiger partial charge in [-0.2, -0.15) is 0 Å². The topological polar surface area (TPSA) is 32.9 Å². The van der Waals surface area contributed by atoms with Crippen LogP contribution < -0.4 is 0 Å². The fourth-order valence-corrected chi connectivity index (χ4v) is 3.07. The van der Waals surface area contributed by atoms with Gasteiger partial charge < -0.3 is 4.98 Å². The Morgan fingerprint density at radius 1 is 1.29 bits per heavy atom. The van der Waals surface area contributed by atoms with Gasteiger partial charge in [0.05, 0.1) is 0 Å². The molecule has 0 saturated heterocycles. The third-order valence-corrected chi connectivity index (χ3v) is 3.99. The minimum absolute atomic E-state index is 0.557. The number of aryl methyl sites for hydroxylation is 1. The van der Waals surface area contributed by atoms with E-state index < -0.39 is 0 Å². The van der Waals surface area contributed by atoms with Gasteiger partial charge in [-0.05, 0) is 31.2 Å². The highest BCUT2D eigenvalue weighted by Crippen LogP contribution is 2.37. The van der Waals surface area contributed by atoms with Crippen molar-refractivity contribution < 1.29 is 4.79 Å². The SMILES string of the molecule is Cc1cccc2c(C=O)c(C3CCCC3)[nH]c12. The van der Waals surface area contributed by atoms with Crippen molar-refractivity contribution in [1.82, 2.24) is 4.98 Å². The van der Waals surface area contributed by atoms with E-state index in [1.54, 1.807) is 0 Å². The van der Waals surface area contributed by atoms with E-state index in [9.17, 15) is 4.79 Å². The lowest BCUT2D eigenvalue weighted by Gasteiger charge is -2.07. The molecule has 0 atom stereocenters. The molecule has 1 N–H and O–H groups in total. The molecular weight excluding hydrogens is 210 g/mol. The Labute approximate surface area is 101 Å². The van der Waals surface area contributed by atoms with E-state index in [4.69, 9.17) is 0 Å². The molecule has 0 bridgehead atoms. The molecule has 17 heavy (non-hydrogen) atoms. The molecule has 2 nitrogen and oxygen atoms in total. The second kappa shape index (κ2) is 4.02. The van der Waals surface area contributed by atoms with Crippen LogP contribution in [0.3, 0.4) is 0 Å². The zero-order valence-electron chi connectivity index (χ0n) is 10.1. The summed E-state index contributed by atoms with van der Waals surface area (Å²) in [4.78, 5) is 14.8. The van der Waals surface area contributed by atoms with E-state index >= 15 is 0 Å². The van der Waals surface area contributed by atoms with E-state index in [1.807, 2.05) is 12.1 Å². The Hall–Kier alpha value is -1.57. The number of aromatic nitrogens is 1. The maximum Gasteiger partial charge on any atom is 0.152 e. The summed E-state index contributed by atoms with van der Waals surface area (Å²) in [7, 11) is 0. The molecule has 1 aromatic carbocycles. The van der Waals surface area contributed by atoms with Gasteiger partial charge in [0.25, 0.3) is 0 Å². The van der Waals surface area contributed by atoms with Crippen molar-refractivity contribution in [2.45, 2.75) is 38.5 Å². The number of aldehydes is 1. The van der Waals surface area contributed by atoms with Crippen LogP contribution in [0.15, 0.2) is 18.2 Å². The van der Waals surface area contributed by atoms with Gasteiger partial charge >= 0.3 is 0 Å². The van der Waals surface area contributed by atoms with Gasteiger partial charge in [-0.25, -0.2) is 0 Å². The Bertz CT molecular complexity index is 562. The quantitative estimate of drug-likeness (QED) is 0.774. The van der Waals surface area contributed by atoms with Crippen molar-refractivity contribution >= 4 is 17.2 Å². The monoisotopic (exact) mass is 227 g/mol. The molecule has 88 valence electrons. The van der Waals surface area contributed by atoms with E-state index in [2.05, 4.69) is 18.0 Å². The molecule has 0 radical (unpaired) electrons. The van der Waals surface area contributed by atoms with Crippen LogP contribution >= 0.6 is 0 Å². The first-order valence-electron chi connectivity index (χ1n) is 6.37. The molecule has 1 fully saturated rings. The predicted octanol–water partition coefficient (Wildman–Crippen LogP) is 3.95. The predicted molar refractivity (Wildman–Crippen MR) is 69.6 cm³/mol. The third-order valence-electron chi connectivity index (χ3n) is 3.99. The van der Waals surface area contributed by atoms with Gasteiger partial charge in [0.2, 0.25) is 0 Å². The van der Waals surface area contributed by atoms with Crippen molar-refractivity contribution in [3.8, 4) is 0 Å². The van der Waals surface area contributed by atoms with Crippen LogP contribution in [0.2, 0.25) is 0 Å². The maximum absolute atomic E-state index is 11.4. The summed E-state index contributed by atoms with van der Waals surface area (Å²) in [6.07, 6.45) is 6.03. The normalized spacial score (nSPS) is 16.8. The standard InChI is InChI=1S/C15H17NO/c1-10-5-4-8-12-13(9-17)15(16-14(10)12)11-6-2-3-7-11/h4-5,8-9,11,16H,2-3,6-7H2,1H3. The molecule has 2 aromatic rings. The summed E-state index contributed by atoms with van der Waals surface area (Å²) in [6, 6.07) is 6.16. The fourth-order valence-electron chi connectivity index (χ4n) is 3.07. The van der Waals surface area contributed by atoms with E-state index in [-0.39, 0.29) is 0 Å². The molecule has 0 spiro atoms. The lowest BCUT2D eigenvalue weighted by atomic mass is 9.99. The molecule has 0 amide bonds. The number of rotatable bonds is 2. The largest absolute Gasteiger partial charge is 0.357 e. The van der Waals surface area contributed by atoms with E-state index in [1.165, 1.54) is 36.9 Å². The van der Waals surface area contributed by atoms with Gasteiger partial charge in [0.15, 0.2) is 6.29 Å². The first kappa shape index (κ1) is 10.6. The number of fused-ring (bicyclic) bond motifs is 1. The molecule has 1 heterocycles. The summed E-state index contributed by atoms with van der Waals surface area (Å²) in [6.45, 7) is 2.09. The van der Waals surface area contributed by atoms with Crippen LogP contribution in [0.1, 0.15) is 53.2 Å². The molecule has 1 aromatic heterocycles. The molecule has 1 saturated carbocycles. The summed E-state index contributed by atoms with van der Waals surface area (Å²) in [5.74, 6) is 0.557. The highest BCUT2D eigenvalue weighted by molar-refractivity contribution is 6.00. The first-order valence-corrected chi connectivity index (χ1v) is 6.37. The van der Waals surface area contributed by atoms with Crippen molar-refractivity contribution in [3.63, 3.8) is 0 Å². The molecule has 1 aliphatic carbocycles. The van der Waals surface area contributed by atoms with Crippen molar-refractivity contribution in [2.75, 3.05) is 0 Å². The van der Waals surface area contributed by atoms with Crippen molar-refractivity contribution in [3.05, 3.63) is 35.0 Å². The Balaban J connectivity index is 2.23. The Morgan fingerprint density at radius 2 is 2.06 bits per heavy atom. The zero-order chi connectivity index (χ0) is 11.8. The molecule has 0 unspecified atom stereocenters. The Kier molecular flexibility index (Phi) is 2.50. The number of hydrogen-bond donors (Lipinski definition) is 1. The number of H-pyrrole nitrogens is 1. The molecule has 2 heteroatoms. The minimum atomic E-state index is 0.557. The zero-order valence-corrected chi connectivity index (χ0v) is 10.1. The van der Waals surface area contributed by atoms with Crippen molar-refractivity contribution in [1.29, 1.82) is 0 Å². The van der Waals surface area contributed by atoms with E-state index in [0.717, 1.165) is 22.8 Å². The van der Waals surface area contributed by atoms with Crippen LogP contribution in [-0.2, 0) is 0 Å². The van der Waals surface area contributed by atoms with Crippen LogP contribution in [0, 0.1) is 6.92 Å². The second-order valence-electron chi connectivity index (χ2n) is 5.05. The number of nitrogens with one attached hydrogen (secondary N) is 1. The van der Waals surface area contributed by atoms with Crippen LogP contribution in [-0.4, -0.2) is 11.3 Å². The van der Waals surface area contributed by atoms with Crippen LogP contribution in [0.25, 0.3) is 10.9 Å². The number of benzene rings is 1. The van der Waals surface area contributed by atoms with Gasteiger partial charge in [-0.3, -0.25) is 4.79 Å². The number of hydrogen-bond acceptors (Lipinski definition) is 1. The fraction of sp³-hybridized carbons (Fsp3) is 0.400. The Morgan fingerprint density at radius 3 is 2.76 bits per heavy atom. The molecular formula is C15H17NO. The average Bonchev–Trinajstić information content (AvgIpc) is 2.95. The van der Waals surface area contributed by atoms with Crippen LogP contribution in [0.4, 0.5) is 0 Å². The lowest BCUT2D eigenvalue weighted by molar-refractivity contribution is 0.112. The number of aromatic amines is 1. The first-order chi connectivity index (χ1) is 8.31. The lowest BCUT2D eigenvalue weighted by Crippen LogP contribution is -1.96. The smallest absolute Gasteiger partial charge is 0.152 e. The van der Waals surface area contributed by atoms with E-state index in [0.29, 0.717) is 5.92 Å². The van der Waals surface area contributed by atoms with Gasteiger partial charge in [-0.15, -0.1) is 0 Å². The molecule has 0 aliphatic heterocycles. The summed E-state index contributed by atoms with van der Waals surface area (Å²) in [5.41, 5.74) is 4.41. The number of carbonyl (C=O) groups is 1. The average molecular weight is 227 g/mol. The molecule has 3 rings (SSSR count). The van der Waals surface area contributed by atoms with Gasteiger partial charge in [0, 0.05) is 22.2 Å². The summed E-state index contributed by atoms with van der Waals surface area (Å²) >= 11 is 0. The number of para-hydroxylation sites is 1. The second-order valence-corrected chi connectivity index (χ2v) is 5.05. The molecule has 1 aliphatic rings. The van der Waals surface area contributed by atoms with Gasteiger partial charge in [0.1, 0.15) is 0 Å². The third kappa shape index (κ3) is 1.59.